The highest BCUT2D eigenvalue weighted by atomic mass is 32.1. The van der Waals surface area contributed by atoms with Crippen molar-refractivity contribution in [1.82, 2.24) is 0 Å². The van der Waals surface area contributed by atoms with Crippen LogP contribution in [0.4, 0.5) is 17.1 Å². The molecule has 2 aliphatic rings. The molecule has 0 unspecified atom stereocenters. The minimum absolute atomic E-state index is 0.102. The average molecular weight is 828 g/mol. The lowest BCUT2D eigenvalue weighted by Gasteiger charge is -2.31. The topological polar surface area (TPSA) is 3.24 Å². The van der Waals surface area contributed by atoms with Gasteiger partial charge in [-0.15, -0.1) is 11.3 Å². The molecule has 1 heterocycles. The highest BCUT2D eigenvalue weighted by Gasteiger charge is 2.37. The number of anilines is 3. The molecular weight excluding hydrogens is 779 g/mol. The first-order valence-electron chi connectivity index (χ1n) is 22.8. The van der Waals surface area contributed by atoms with Crippen LogP contribution in [0.25, 0.3) is 75.5 Å². The van der Waals surface area contributed by atoms with Gasteiger partial charge in [-0.25, -0.2) is 0 Å². The van der Waals surface area contributed by atoms with Gasteiger partial charge in [0.05, 0.1) is 11.4 Å². The lowest BCUT2D eigenvalue weighted by Crippen LogP contribution is -2.15. The Bertz CT molecular complexity index is 3370. The maximum absolute atomic E-state index is 2.56. The standard InChI is InChI=1S/C61H49NS/c1-61(2)52-33-10-6-27-50(52)59-49(32-17-34-53(59)61)47-26-8-12-36-55(47)62(43-24-14-23-42(39-43)45-30-18-38-57-60(45)51-28-9-13-37-56(51)63-57)54-35-11-7-25-46(54)48-31-16-22-41-21-15-29-44(58(41)48)40-19-4-3-5-20-40/h6-18,21-40H,3-5,19-20H2,1-2H3. The van der Waals surface area contributed by atoms with Crippen molar-refractivity contribution in [2.45, 2.75) is 57.3 Å². The predicted molar refractivity (Wildman–Crippen MR) is 271 cm³/mol. The van der Waals surface area contributed by atoms with Crippen molar-refractivity contribution in [2.75, 3.05) is 4.90 Å². The monoisotopic (exact) mass is 827 g/mol. The van der Waals surface area contributed by atoms with Gasteiger partial charge in [-0.2, -0.15) is 0 Å². The Morgan fingerprint density at radius 1 is 0.460 bits per heavy atom. The quantitative estimate of drug-likeness (QED) is 0.155. The van der Waals surface area contributed by atoms with Gasteiger partial charge in [0.25, 0.3) is 0 Å². The summed E-state index contributed by atoms with van der Waals surface area (Å²) in [7, 11) is 0. The highest BCUT2D eigenvalue weighted by molar-refractivity contribution is 7.25. The number of fused-ring (bicyclic) bond motifs is 7. The zero-order valence-corrected chi connectivity index (χ0v) is 36.8. The molecule has 63 heavy (non-hydrogen) atoms. The van der Waals surface area contributed by atoms with Crippen LogP contribution in [0, 0.1) is 0 Å². The normalized spacial score (nSPS) is 14.6. The van der Waals surface area contributed by atoms with E-state index < -0.39 is 0 Å². The Labute approximate surface area is 374 Å². The van der Waals surface area contributed by atoms with E-state index in [9.17, 15) is 0 Å². The molecule has 12 rings (SSSR count). The molecule has 1 nitrogen and oxygen atoms in total. The fraction of sp³-hybridized carbons (Fsp3) is 0.148. The molecule has 0 N–H and O–H groups in total. The van der Waals surface area contributed by atoms with Crippen molar-refractivity contribution >= 4 is 59.3 Å². The van der Waals surface area contributed by atoms with Crippen LogP contribution in [-0.4, -0.2) is 0 Å². The van der Waals surface area contributed by atoms with Crippen LogP contribution in [0.5, 0.6) is 0 Å². The summed E-state index contributed by atoms with van der Waals surface area (Å²) in [6.07, 6.45) is 6.47. The zero-order valence-electron chi connectivity index (χ0n) is 35.9. The van der Waals surface area contributed by atoms with Gasteiger partial charge in [0.1, 0.15) is 0 Å². The number of nitrogens with zero attached hydrogens (tertiary/aromatic N) is 1. The van der Waals surface area contributed by atoms with Crippen LogP contribution in [0.2, 0.25) is 0 Å². The van der Waals surface area contributed by atoms with Gasteiger partial charge in [0.2, 0.25) is 0 Å². The minimum Gasteiger partial charge on any atom is -0.309 e. The Hall–Kier alpha value is -6.74. The van der Waals surface area contributed by atoms with Crippen molar-refractivity contribution in [3.63, 3.8) is 0 Å². The van der Waals surface area contributed by atoms with E-state index in [1.54, 1.807) is 0 Å². The maximum Gasteiger partial charge on any atom is 0.0540 e. The van der Waals surface area contributed by atoms with Gasteiger partial charge >= 0.3 is 0 Å². The van der Waals surface area contributed by atoms with E-state index in [0.29, 0.717) is 5.92 Å². The number of benzene rings is 9. The van der Waals surface area contributed by atoms with Gasteiger partial charge in [-0.05, 0) is 116 Å². The van der Waals surface area contributed by atoms with Crippen LogP contribution in [0.3, 0.4) is 0 Å². The Kier molecular flexibility index (Phi) is 9.20. The molecule has 9 aromatic carbocycles. The van der Waals surface area contributed by atoms with Crippen LogP contribution in [0.1, 0.15) is 68.6 Å². The van der Waals surface area contributed by atoms with Crippen LogP contribution >= 0.6 is 11.3 Å². The summed E-state index contributed by atoms with van der Waals surface area (Å²) >= 11 is 1.88. The third-order valence-electron chi connectivity index (χ3n) is 14.3. The first kappa shape index (κ1) is 38.0. The Morgan fingerprint density at radius 2 is 1.05 bits per heavy atom. The smallest absolute Gasteiger partial charge is 0.0540 e. The maximum atomic E-state index is 2.56. The SMILES string of the molecule is CC1(C)c2ccccc2-c2c(-c3ccccc3N(c3cccc(-c4cccc5sc6ccccc6c45)c3)c3ccccc3-c3cccc4cccc(C5CCCCC5)c34)cccc21. The molecule has 0 radical (unpaired) electrons. The van der Waals surface area contributed by atoms with Crippen LogP contribution in [-0.2, 0) is 5.41 Å². The molecule has 0 saturated heterocycles. The van der Waals surface area contributed by atoms with Crippen molar-refractivity contribution in [2.24, 2.45) is 0 Å². The summed E-state index contributed by atoms with van der Waals surface area (Å²) in [5.74, 6) is 0.576. The van der Waals surface area contributed by atoms with Gasteiger partial charge in [0, 0.05) is 42.4 Å². The molecule has 0 bridgehead atoms. The van der Waals surface area contributed by atoms with E-state index in [-0.39, 0.29) is 5.41 Å². The molecule has 1 fully saturated rings. The van der Waals surface area contributed by atoms with E-state index in [1.165, 1.54) is 130 Å². The Balaban J connectivity index is 1.12. The van der Waals surface area contributed by atoms with Gasteiger partial charge in [0.15, 0.2) is 0 Å². The Morgan fingerprint density at radius 3 is 1.87 bits per heavy atom. The second-order valence-corrected chi connectivity index (χ2v) is 19.3. The van der Waals surface area contributed by atoms with Gasteiger partial charge in [-0.1, -0.05) is 191 Å². The molecule has 304 valence electrons. The number of hydrogen-bond donors (Lipinski definition) is 0. The van der Waals surface area contributed by atoms with Crippen molar-refractivity contribution in [1.29, 1.82) is 0 Å². The molecule has 1 saturated carbocycles. The van der Waals surface area contributed by atoms with E-state index in [0.717, 1.165) is 11.4 Å². The van der Waals surface area contributed by atoms with Crippen LogP contribution in [0.15, 0.2) is 194 Å². The molecule has 1 aromatic heterocycles. The molecule has 0 aliphatic heterocycles. The summed E-state index contributed by atoms with van der Waals surface area (Å²) in [5.41, 5.74) is 17.8. The van der Waals surface area contributed by atoms with E-state index in [4.69, 9.17) is 0 Å². The van der Waals surface area contributed by atoms with E-state index in [2.05, 4.69) is 213 Å². The number of para-hydroxylation sites is 2. The van der Waals surface area contributed by atoms with Crippen molar-refractivity contribution in [3.8, 4) is 44.5 Å². The predicted octanol–water partition coefficient (Wildman–Crippen LogP) is 18.0. The lowest BCUT2D eigenvalue weighted by atomic mass is 9.80. The van der Waals surface area contributed by atoms with Gasteiger partial charge < -0.3 is 4.90 Å². The van der Waals surface area contributed by atoms with Crippen LogP contribution < -0.4 is 4.90 Å². The van der Waals surface area contributed by atoms with Crippen molar-refractivity contribution < 1.29 is 0 Å². The highest BCUT2D eigenvalue weighted by Crippen LogP contribution is 2.55. The third kappa shape index (κ3) is 6.18. The summed E-state index contributed by atoms with van der Waals surface area (Å²) in [5, 5.41) is 5.36. The summed E-state index contributed by atoms with van der Waals surface area (Å²) in [4.78, 5) is 2.56. The largest absolute Gasteiger partial charge is 0.309 e. The minimum atomic E-state index is -0.102. The molecule has 0 atom stereocenters. The van der Waals surface area contributed by atoms with Crippen molar-refractivity contribution in [3.05, 3.63) is 211 Å². The summed E-state index contributed by atoms with van der Waals surface area (Å²) in [6.45, 7) is 4.76. The first-order chi connectivity index (χ1) is 31.0. The second-order valence-electron chi connectivity index (χ2n) is 18.2. The van der Waals surface area contributed by atoms with E-state index >= 15 is 0 Å². The number of rotatable bonds is 7. The molecule has 10 aromatic rings. The molecule has 2 heteroatoms. The number of thiophene rings is 1. The molecule has 0 amide bonds. The third-order valence-corrected chi connectivity index (χ3v) is 15.4. The van der Waals surface area contributed by atoms with E-state index in [1.807, 2.05) is 11.3 Å². The summed E-state index contributed by atoms with van der Waals surface area (Å²) < 4.78 is 2.64. The molecule has 2 aliphatic carbocycles. The van der Waals surface area contributed by atoms with Gasteiger partial charge in [-0.3, -0.25) is 0 Å². The average Bonchev–Trinajstić information content (AvgIpc) is 3.84. The summed E-state index contributed by atoms with van der Waals surface area (Å²) in [6, 6.07) is 73.2. The molecule has 0 spiro atoms. The number of hydrogen-bond acceptors (Lipinski definition) is 2. The second kappa shape index (κ2) is 15.3. The lowest BCUT2D eigenvalue weighted by molar-refractivity contribution is 0.445. The zero-order chi connectivity index (χ0) is 42.1. The fourth-order valence-corrected chi connectivity index (χ4v) is 12.5. The molecular formula is C61H49NS. The fourth-order valence-electron chi connectivity index (χ4n) is 11.4. The first-order valence-corrected chi connectivity index (χ1v) is 23.6.